The summed E-state index contributed by atoms with van der Waals surface area (Å²) in [5, 5.41) is 20.9. The number of fused-ring (bicyclic) bond motifs is 2. The van der Waals surface area contributed by atoms with Crippen LogP contribution in [0.15, 0.2) is 53.4 Å². The van der Waals surface area contributed by atoms with Crippen LogP contribution in [0.5, 0.6) is 0 Å². The number of benzene rings is 2. The monoisotopic (exact) mass is 730 g/mol. The molecule has 0 unspecified atom stereocenters. The maximum Gasteiger partial charge on any atom is 0.407 e. The molecule has 3 fully saturated rings. The SMILES string of the molecule is CC(C)CN(C[C@@H](O)[C@H](Cc1ccccc1)NC(=O)O[C@@H]1CO[C@@H]2OCC[C@@H]21)S(=O)(=O)c1ccc2nc(NC(=O)CN3CCNCC3)sc2c1. The van der Waals surface area contributed by atoms with E-state index < -0.39 is 34.4 Å². The summed E-state index contributed by atoms with van der Waals surface area (Å²) >= 11 is 1.20. The molecule has 0 aliphatic carbocycles. The molecule has 272 valence electrons. The molecule has 1 aromatic heterocycles. The number of ether oxygens (including phenoxy) is 3. The van der Waals surface area contributed by atoms with Crippen molar-refractivity contribution in [2.45, 2.75) is 56.1 Å². The Morgan fingerprint density at radius 2 is 1.92 bits per heavy atom. The Balaban J connectivity index is 1.16. The number of hydrogen-bond acceptors (Lipinski definition) is 12. The van der Waals surface area contributed by atoms with E-state index in [1.165, 1.54) is 21.7 Å². The van der Waals surface area contributed by atoms with Gasteiger partial charge in [-0.25, -0.2) is 18.2 Å². The van der Waals surface area contributed by atoms with Gasteiger partial charge in [-0.05, 0) is 42.5 Å². The third kappa shape index (κ3) is 9.16. The molecular formula is C34H46N6O8S2. The number of anilines is 1. The topological polar surface area (TPSA) is 172 Å². The molecule has 2 aromatic carbocycles. The van der Waals surface area contributed by atoms with Crippen LogP contribution >= 0.6 is 11.3 Å². The van der Waals surface area contributed by atoms with Gasteiger partial charge >= 0.3 is 6.09 Å². The molecular weight excluding hydrogens is 685 g/mol. The molecule has 5 atom stereocenters. The van der Waals surface area contributed by atoms with E-state index in [9.17, 15) is 23.1 Å². The van der Waals surface area contributed by atoms with Crippen LogP contribution < -0.4 is 16.0 Å². The molecule has 2 amide bonds. The minimum absolute atomic E-state index is 0.0433. The number of piperazine rings is 1. The smallest absolute Gasteiger partial charge is 0.407 e. The van der Waals surface area contributed by atoms with Crippen molar-refractivity contribution in [3.8, 4) is 0 Å². The Hall–Kier alpha value is -3.22. The zero-order valence-corrected chi connectivity index (χ0v) is 30.0. The lowest BCUT2D eigenvalue weighted by molar-refractivity contribution is -0.117. The van der Waals surface area contributed by atoms with Gasteiger partial charge in [0.2, 0.25) is 15.9 Å². The molecule has 14 nitrogen and oxygen atoms in total. The number of aliphatic hydroxyl groups excluding tert-OH is 1. The van der Waals surface area contributed by atoms with Crippen molar-refractivity contribution in [2.24, 2.45) is 11.8 Å². The number of sulfonamides is 1. The van der Waals surface area contributed by atoms with Crippen LogP contribution in [0.1, 0.15) is 25.8 Å². The summed E-state index contributed by atoms with van der Waals surface area (Å²) in [5.41, 5.74) is 1.42. The molecule has 3 saturated heterocycles. The van der Waals surface area contributed by atoms with Gasteiger partial charge in [0.1, 0.15) is 6.10 Å². The molecule has 0 spiro atoms. The molecule has 3 aliphatic heterocycles. The molecule has 0 saturated carbocycles. The van der Waals surface area contributed by atoms with E-state index in [1.807, 2.05) is 44.2 Å². The molecule has 16 heteroatoms. The van der Waals surface area contributed by atoms with Crippen molar-refractivity contribution >= 4 is 48.7 Å². The van der Waals surface area contributed by atoms with E-state index in [1.54, 1.807) is 12.1 Å². The quantitative estimate of drug-likeness (QED) is 0.192. The summed E-state index contributed by atoms with van der Waals surface area (Å²) in [5.74, 6) is -0.284. The van der Waals surface area contributed by atoms with Gasteiger partial charge in [-0.15, -0.1) is 0 Å². The minimum Gasteiger partial charge on any atom is -0.443 e. The number of alkyl carbamates (subject to hydrolysis) is 1. The fourth-order valence-corrected chi connectivity index (χ4v) is 9.18. The Morgan fingerprint density at radius 1 is 1.14 bits per heavy atom. The Kier molecular flexibility index (Phi) is 12.0. The standard InChI is InChI=1S/C34H46N6O8S2/c1-22(2)18-40(50(44,45)24-8-9-26-30(17-24)49-33(36-26)38-31(42)20-39-13-11-35-12-14-39)19-28(41)27(16-23-6-4-3-5-7-23)37-34(43)48-29-21-47-32-25(29)10-15-46-32/h3-9,17,22,25,27-29,32,35,41H,10-16,18-21H2,1-2H3,(H,37,43)(H,36,38,42)/t25-,27+,28-,29-,32+/m1/s1. The summed E-state index contributed by atoms with van der Waals surface area (Å²) in [6.45, 7) is 7.93. The van der Waals surface area contributed by atoms with Crippen molar-refractivity contribution < 1.29 is 37.3 Å². The third-order valence-corrected chi connectivity index (χ3v) is 11.9. The van der Waals surface area contributed by atoms with E-state index >= 15 is 0 Å². The highest BCUT2D eigenvalue weighted by Gasteiger charge is 2.44. The summed E-state index contributed by atoms with van der Waals surface area (Å²) in [6.07, 6.45) is -1.87. The first-order valence-electron chi connectivity index (χ1n) is 17.1. The number of aromatic nitrogens is 1. The molecule has 0 radical (unpaired) electrons. The second-order valence-corrected chi connectivity index (χ2v) is 16.4. The van der Waals surface area contributed by atoms with Crippen LogP contribution in [0.3, 0.4) is 0 Å². The van der Waals surface area contributed by atoms with Gasteiger partial charge in [0.25, 0.3) is 0 Å². The van der Waals surface area contributed by atoms with E-state index in [2.05, 4.69) is 25.8 Å². The number of hydrogen-bond donors (Lipinski definition) is 4. The highest BCUT2D eigenvalue weighted by atomic mass is 32.2. The predicted octanol–water partition coefficient (Wildman–Crippen LogP) is 2.25. The van der Waals surface area contributed by atoms with Gasteiger partial charge in [-0.2, -0.15) is 4.31 Å². The zero-order chi connectivity index (χ0) is 35.3. The van der Waals surface area contributed by atoms with Gasteiger partial charge in [-0.1, -0.05) is 55.5 Å². The summed E-state index contributed by atoms with van der Waals surface area (Å²) in [6, 6.07) is 13.2. The average Bonchev–Trinajstić information content (AvgIpc) is 3.81. The first kappa shape index (κ1) is 36.6. The summed E-state index contributed by atoms with van der Waals surface area (Å²) < 4.78 is 47.1. The first-order chi connectivity index (χ1) is 24.0. The summed E-state index contributed by atoms with van der Waals surface area (Å²) in [7, 11) is -4.10. The largest absolute Gasteiger partial charge is 0.443 e. The van der Waals surface area contributed by atoms with E-state index in [4.69, 9.17) is 14.2 Å². The van der Waals surface area contributed by atoms with Crippen molar-refractivity contribution in [2.75, 3.05) is 64.3 Å². The second-order valence-electron chi connectivity index (χ2n) is 13.4. The lowest BCUT2D eigenvalue weighted by atomic mass is 10.0. The fourth-order valence-electron chi connectivity index (χ4n) is 6.53. The summed E-state index contributed by atoms with van der Waals surface area (Å²) in [4.78, 5) is 32.4. The van der Waals surface area contributed by atoms with Crippen molar-refractivity contribution in [1.82, 2.24) is 24.8 Å². The Bertz CT molecular complexity index is 1720. The van der Waals surface area contributed by atoms with Crippen molar-refractivity contribution in [3.05, 3.63) is 54.1 Å². The third-order valence-electron chi connectivity index (χ3n) is 9.09. The highest BCUT2D eigenvalue weighted by molar-refractivity contribution is 7.89. The number of carbonyl (C=O) groups excluding carboxylic acids is 2. The molecule has 3 aromatic rings. The zero-order valence-electron chi connectivity index (χ0n) is 28.3. The Labute approximate surface area is 296 Å². The van der Waals surface area contributed by atoms with Crippen LogP contribution in [0.2, 0.25) is 0 Å². The molecule has 6 rings (SSSR count). The fraction of sp³-hybridized carbons (Fsp3) is 0.559. The predicted molar refractivity (Wildman–Crippen MR) is 188 cm³/mol. The number of nitrogens with zero attached hydrogens (tertiary/aromatic N) is 3. The van der Waals surface area contributed by atoms with Crippen molar-refractivity contribution in [1.29, 1.82) is 0 Å². The normalized spacial score (nSPS) is 22.5. The molecule has 4 N–H and O–H groups in total. The molecule has 50 heavy (non-hydrogen) atoms. The van der Waals surface area contributed by atoms with E-state index in [-0.39, 0.29) is 61.6 Å². The van der Waals surface area contributed by atoms with Gasteiger partial charge in [0, 0.05) is 39.3 Å². The number of nitrogens with one attached hydrogen (secondary N) is 3. The van der Waals surface area contributed by atoms with Crippen LogP contribution in [0.4, 0.5) is 9.93 Å². The maximum absolute atomic E-state index is 14.2. The van der Waals surface area contributed by atoms with Gasteiger partial charge < -0.3 is 35.3 Å². The van der Waals surface area contributed by atoms with Gasteiger partial charge in [0.05, 0.1) is 52.9 Å². The van der Waals surface area contributed by atoms with Crippen molar-refractivity contribution in [3.63, 3.8) is 0 Å². The number of carbonyl (C=O) groups is 2. The lowest BCUT2D eigenvalue weighted by Gasteiger charge is -2.31. The van der Waals surface area contributed by atoms with Crippen LogP contribution in [-0.2, 0) is 35.4 Å². The maximum atomic E-state index is 14.2. The molecule has 4 heterocycles. The van der Waals surface area contributed by atoms with Crippen LogP contribution in [-0.4, -0.2) is 123 Å². The van der Waals surface area contributed by atoms with E-state index in [0.29, 0.717) is 22.0 Å². The number of amides is 2. The lowest BCUT2D eigenvalue weighted by Crippen LogP contribution is -2.51. The van der Waals surface area contributed by atoms with E-state index in [0.717, 1.165) is 38.2 Å². The molecule has 0 bridgehead atoms. The highest BCUT2D eigenvalue weighted by Crippen LogP contribution is 2.33. The number of thiazole rings is 1. The minimum atomic E-state index is -4.10. The second kappa shape index (κ2) is 16.4. The average molecular weight is 731 g/mol. The van der Waals surface area contributed by atoms with Crippen LogP contribution in [0, 0.1) is 11.8 Å². The number of rotatable bonds is 14. The van der Waals surface area contributed by atoms with Gasteiger partial charge in [-0.3, -0.25) is 9.69 Å². The molecule has 3 aliphatic rings. The number of aliphatic hydroxyl groups is 1. The Morgan fingerprint density at radius 3 is 2.68 bits per heavy atom. The first-order valence-corrected chi connectivity index (χ1v) is 19.4. The van der Waals surface area contributed by atoms with Gasteiger partial charge in [0.15, 0.2) is 11.4 Å². The van der Waals surface area contributed by atoms with Crippen LogP contribution in [0.25, 0.3) is 10.2 Å².